The molecule has 0 heterocycles. The van der Waals surface area contributed by atoms with Gasteiger partial charge in [-0.2, -0.15) is 0 Å². The van der Waals surface area contributed by atoms with E-state index in [9.17, 15) is 9.18 Å². The van der Waals surface area contributed by atoms with E-state index in [1.807, 2.05) is 24.3 Å². The number of carbonyl (C=O) groups excluding carboxylic acids is 1. The first-order valence-electron chi connectivity index (χ1n) is 10.4. The van der Waals surface area contributed by atoms with Gasteiger partial charge in [0.1, 0.15) is 11.6 Å². The van der Waals surface area contributed by atoms with Gasteiger partial charge in [-0.3, -0.25) is 4.79 Å². The molecule has 2 aliphatic carbocycles. The molecule has 0 unspecified atom stereocenters. The second-order valence-corrected chi connectivity index (χ2v) is 8.03. The summed E-state index contributed by atoms with van der Waals surface area (Å²) in [6.07, 6.45) is 8.28. The Morgan fingerprint density at radius 1 is 1.07 bits per heavy atom. The van der Waals surface area contributed by atoms with Crippen molar-refractivity contribution >= 4 is 5.91 Å². The molecular weight excluding hydrogens is 353 g/mol. The Morgan fingerprint density at radius 2 is 1.86 bits per heavy atom. The van der Waals surface area contributed by atoms with Gasteiger partial charge in [0.25, 0.3) is 0 Å². The zero-order valence-corrected chi connectivity index (χ0v) is 16.5. The number of rotatable bonds is 6. The number of amides is 1. The SMILES string of the molecule is CNC(=O)Cc1ccc(OC2CCCC2)c(-c2cccc(F)c2C2CCC2)c1. The molecule has 2 saturated carbocycles. The van der Waals surface area contributed by atoms with E-state index in [4.69, 9.17) is 4.74 Å². The normalized spacial score (nSPS) is 17.4. The molecule has 0 atom stereocenters. The predicted molar refractivity (Wildman–Crippen MR) is 109 cm³/mol. The molecule has 0 aliphatic heterocycles. The largest absolute Gasteiger partial charge is 0.490 e. The highest BCUT2D eigenvalue weighted by atomic mass is 19.1. The minimum absolute atomic E-state index is 0.0335. The zero-order chi connectivity index (χ0) is 19.5. The van der Waals surface area contributed by atoms with Crippen molar-refractivity contribution in [3.8, 4) is 16.9 Å². The molecule has 148 valence electrons. The summed E-state index contributed by atoms with van der Waals surface area (Å²) in [5.41, 5.74) is 3.55. The second kappa shape index (κ2) is 8.34. The van der Waals surface area contributed by atoms with E-state index in [0.29, 0.717) is 6.42 Å². The third-order valence-corrected chi connectivity index (χ3v) is 6.14. The Hall–Kier alpha value is -2.36. The Bertz CT molecular complexity index is 854. The van der Waals surface area contributed by atoms with E-state index in [1.165, 1.54) is 12.8 Å². The highest BCUT2D eigenvalue weighted by Crippen LogP contribution is 2.45. The molecule has 4 heteroatoms. The standard InChI is InChI=1S/C24H28FNO2/c1-26-23(27)15-16-12-13-22(28-18-8-2-3-9-18)20(14-16)19-10-5-11-21(25)24(19)17-6-4-7-17/h5,10-14,17-18H,2-4,6-9,15H2,1H3,(H,26,27). The van der Waals surface area contributed by atoms with E-state index in [0.717, 1.165) is 60.1 Å². The maximum atomic E-state index is 14.8. The number of carbonyl (C=O) groups is 1. The van der Waals surface area contributed by atoms with Crippen molar-refractivity contribution in [2.75, 3.05) is 7.05 Å². The van der Waals surface area contributed by atoms with E-state index >= 15 is 0 Å². The van der Waals surface area contributed by atoms with Crippen LogP contribution in [-0.4, -0.2) is 19.1 Å². The Balaban J connectivity index is 1.77. The smallest absolute Gasteiger partial charge is 0.224 e. The predicted octanol–water partition coefficient (Wildman–Crippen LogP) is 5.37. The number of hydrogen-bond acceptors (Lipinski definition) is 2. The maximum Gasteiger partial charge on any atom is 0.224 e. The lowest BCUT2D eigenvalue weighted by Crippen LogP contribution is -2.20. The zero-order valence-electron chi connectivity index (χ0n) is 16.5. The molecule has 0 saturated heterocycles. The summed E-state index contributed by atoms with van der Waals surface area (Å²) < 4.78 is 21.2. The first kappa shape index (κ1) is 19.0. The van der Waals surface area contributed by atoms with Crippen molar-refractivity contribution in [1.82, 2.24) is 5.32 Å². The van der Waals surface area contributed by atoms with Gasteiger partial charge in [0.05, 0.1) is 12.5 Å². The summed E-state index contributed by atoms with van der Waals surface area (Å²) in [7, 11) is 1.64. The topological polar surface area (TPSA) is 38.3 Å². The summed E-state index contributed by atoms with van der Waals surface area (Å²) in [5.74, 6) is 0.913. The fourth-order valence-electron chi connectivity index (χ4n) is 4.34. The van der Waals surface area contributed by atoms with Crippen LogP contribution in [-0.2, 0) is 11.2 Å². The van der Waals surface area contributed by atoms with Gasteiger partial charge < -0.3 is 10.1 Å². The minimum atomic E-state index is -0.134. The second-order valence-electron chi connectivity index (χ2n) is 8.03. The average molecular weight is 381 g/mol. The molecule has 0 spiro atoms. The number of ether oxygens (including phenoxy) is 1. The number of hydrogen-bond donors (Lipinski definition) is 1. The third-order valence-electron chi connectivity index (χ3n) is 6.14. The van der Waals surface area contributed by atoms with Crippen LogP contribution < -0.4 is 10.1 Å². The first-order chi connectivity index (χ1) is 13.7. The summed E-state index contributed by atoms with van der Waals surface area (Å²) in [6, 6.07) is 11.3. The van der Waals surface area contributed by atoms with Gasteiger partial charge in [-0.1, -0.05) is 24.6 Å². The Labute approximate surface area is 166 Å². The molecule has 28 heavy (non-hydrogen) atoms. The van der Waals surface area contributed by atoms with Crippen LogP contribution in [0.4, 0.5) is 4.39 Å². The summed E-state index contributed by atoms with van der Waals surface area (Å²) in [6.45, 7) is 0. The van der Waals surface area contributed by atoms with E-state index in [-0.39, 0.29) is 23.7 Å². The van der Waals surface area contributed by atoms with Crippen LogP contribution in [0, 0.1) is 5.82 Å². The van der Waals surface area contributed by atoms with Crippen LogP contribution in [0.3, 0.4) is 0 Å². The molecule has 1 N–H and O–H groups in total. The highest BCUT2D eigenvalue weighted by molar-refractivity contribution is 5.80. The summed E-state index contributed by atoms with van der Waals surface area (Å²) >= 11 is 0. The van der Waals surface area contributed by atoms with Crippen molar-refractivity contribution in [2.45, 2.75) is 63.4 Å². The van der Waals surface area contributed by atoms with Gasteiger partial charge in [0, 0.05) is 12.6 Å². The van der Waals surface area contributed by atoms with Crippen molar-refractivity contribution < 1.29 is 13.9 Å². The average Bonchev–Trinajstić information content (AvgIpc) is 3.16. The van der Waals surface area contributed by atoms with E-state index in [1.54, 1.807) is 19.2 Å². The number of nitrogens with one attached hydrogen (secondary N) is 1. The van der Waals surface area contributed by atoms with Crippen LogP contribution in [0.2, 0.25) is 0 Å². The van der Waals surface area contributed by atoms with Gasteiger partial charge in [-0.25, -0.2) is 4.39 Å². The molecule has 2 fully saturated rings. The molecule has 0 radical (unpaired) electrons. The summed E-state index contributed by atoms with van der Waals surface area (Å²) in [4.78, 5) is 11.9. The van der Waals surface area contributed by atoms with Crippen LogP contribution in [0.15, 0.2) is 36.4 Å². The minimum Gasteiger partial charge on any atom is -0.490 e. The van der Waals surface area contributed by atoms with Gasteiger partial charge in [0.15, 0.2) is 0 Å². The van der Waals surface area contributed by atoms with E-state index in [2.05, 4.69) is 5.32 Å². The van der Waals surface area contributed by atoms with Crippen LogP contribution in [0.5, 0.6) is 5.75 Å². The molecule has 0 aromatic heterocycles. The van der Waals surface area contributed by atoms with E-state index < -0.39 is 0 Å². The van der Waals surface area contributed by atoms with Gasteiger partial charge in [0.2, 0.25) is 5.91 Å². The Kier molecular flexibility index (Phi) is 5.65. The fraction of sp³-hybridized carbons (Fsp3) is 0.458. The highest BCUT2D eigenvalue weighted by Gasteiger charge is 2.27. The first-order valence-corrected chi connectivity index (χ1v) is 10.4. The van der Waals surface area contributed by atoms with Crippen molar-refractivity contribution in [2.24, 2.45) is 0 Å². The number of halogens is 1. The van der Waals surface area contributed by atoms with Crippen molar-refractivity contribution in [3.05, 3.63) is 53.3 Å². The van der Waals surface area contributed by atoms with Gasteiger partial charge in [-0.15, -0.1) is 0 Å². The monoisotopic (exact) mass is 381 g/mol. The van der Waals surface area contributed by atoms with Crippen molar-refractivity contribution in [3.63, 3.8) is 0 Å². The molecule has 0 bridgehead atoms. The lowest BCUT2D eigenvalue weighted by molar-refractivity contribution is -0.119. The maximum absolute atomic E-state index is 14.8. The van der Waals surface area contributed by atoms with Crippen LogP contribution in [0.1, 0.15) is 62.0 Å². The van der Waals surface area contributed by atoms with Gasteiger partial charge in [-0.05, 0) is 79.3 Å². The Morgan fingerprint density at radius 3 is 2.54 bits per heavy atom. The van der Waals surface area contributed by atoms with Crippen LogP contribution in [0.25, 0.3) is 11.1 Å². The quantitative estimate of drug-likeness (QED) is 0.730. The molecule has 2 aliphatic rings. The lowest BCUT2D eigenvalue weighted by Gasteiger charge is -2.29. The number of benzene rings is 2. The fourth-order valence-corrected chi connectivity index (χ4v) is 4.34. The molecule has 4 rings (SSSR count). The molecule has 1 amide bonds. The third kappa shape index (κ3) is 3.91. The number of likely N-dealkylation sites (N-methyl/N-ethyl adjacent to an activating group) is 1. The molecule has 2 aromatic carbocycles. The summed E-state index contributed by atoms with van der Waals surface area (Å²) in [5, 5.41) is 2.67. The van der Waals surface area contributed by atoms with Crippen molar-refractivity contribution in [1.29, 1.82) is 0 Å². The lowest BCUT2D eigenvalue weighted by atomic mass is 9.76. The van der Waals surface area contributed by atoms with Gasteiger partial charge >= 0.3 is 0 Å². The molecule has 2 aromatic rings. The van der Waals surface area contributed by atoms with Crippen LogP contribution >= 0.6 is 0 Å². The molecular formula is C24H28FNO2. The molecule has 3 nitrogen and oxygen atoms in total.